The second kappa shape index (κ2) is 58.3. The minimum atomic E-state index is -0.0940. The molecule has 0 saturated heterocycles. The van der Waals surface area contributed by atoms with Crippen molar-refractivity contribution in [2.45, 2.75) is 166 Å². The van der Waals surface area contributed by atoms with Crippen molar-refractivity contribution in [1.82, 2.24) is 59.8 Å². The smallest absolute Gasteiger partial charge is 0.188 e. The summed E-state index contributed by atoms with van der Waals surface area (Å²) in [6.45, 7) is 28.8. The molecule has 0 unspecified atom stereocenters. The van der Waals surface area contributed by atoms with Crippen LogP contribution in [-0.4, -0.2) is 214 Å². The van der Waals surface area contributed by atoms with Crippen molar-refractivity contribution < 1.29 is 85.6 Å². The summed E-state index contributed by atoms with van der Waals surface area (Å²) in [6, 6.07) is 41.3. The lowest BCUT2D eigenvalue weighted by Gasteiger charge is -2.14. The van der Waals surface area contributed by atoms with Gasteiger partial charge in [0.1, 0.15) is 104 Å². The fourth-order valence-corrected chi connectivity index (χ4v) is 13.8. The van der Waals surface area contributed by atoms with Crippen molar-refractivity contribution in [3.05, 3.63) is 293 Å². The molecule has 12 aromatic rings. The first-order chi connectivity index (χ1) is 63.9. The molecule has 30 nitrogen and oxygen atoms in total. The highest BCUT2D eigenvalue weighted by atomic mass is 32.1. The average molecular weight is 1860 g/mol. The van der Waals surface area contributed by atoms with Gasteiger partial charge in [-0.2, -0.15) is 0 Å². The maximum atomic E-state index is 12.4. The molecule has 706 valence electrons. The number of ketones is 6. The SMILES string of the molecule is COCCCOc1cc(C)nc(C(=O)Cc2ccccn2)c1.COCCCOc1cc(C)nc(C(=O)Cc2nc(C)cs2)c1.COC[C@@H](C)Oc1cc(C)nc(C(=O)Cc2ccccn2)c1.COC[C@@H](C)Oc1cc(C)nc(C(=O)Cc2nc(C)cs2)c1.COC[C@H](C)Oc1cc(C)nc(C(=O)Cc2ccc(C)cn2)c1.CO[C@H](C)COc1cc(C)nc(C(=O)Cc2ccccn2)c1. The quantitative estimate of drug-likeness (QED) is 0.0253. The molecule has 0 radical (unpaired) electrons. The van der Waals surface area contributed by atoms with E-state index in [-0.39, 0.29) is 97.6 Å². The van der Waals surface area contributed by atoms with E-state index in [1.807, 2.05) is 198 Å². The van der Waals surface area contributed by atoms with E-state index in [4.69, 9.17) is 56.8 Å². The number of pyridine rings is 10. The third-order valence-corrected chi connectivity index (χ3v) is 20.3. The lowest BCUT2D eigenvalue weighted by atomic mass is 10.1. The Balaban J connectivity index is 0.000000218. The Morgan fingerprint density at radius 3 is 0.850 bits per heavy atom. The van der Waals surface area contributed by atoms with E-state index >= 15 is 0 Å². The maximum Gasteiger partial charge on any atom is 0.188 e. The van der Waals surface area contributed by atoms with Crippen molar-refractivity contribution in [2.24, 2.45) is 0 Å². The maximum absolute atomic E-state index is 12.4. The number of thiazole rings is 2. The number of carbonyl (C=O) groups excluding carboxylic acids is 6. The molecule has 0 aliphatic rings. The summed E-state index contributed by atoms with van der Waals surface area (Å²) in [7, 11) is 9.83. The zero-order chi connectivity index (χ0) is 96.6. The Morgan fingerprint density at radius 1 is 0.293 bits per heavy atom. The standard InChI is InChI=1S/C18H22N2O3.3C17H20N2O3.2C16H20N2O3S/c1-12-5-6-15(19-10-12)8-18(21)17-9-16(7-13(2)20-17)23-14(3)11-22-4;1-12-8-15(22-11-13(2)21-3)10-16(19-12)17(20)9-14-6-4-5-7-18-14;1-12-8-15(22-13(2)11-21-3)10-16(19-12)17(20)9-14-6-4-5-7-18-14;1-13-10-15(22-9-5-8-21-2)12-16(19-13)17(20)11-14-6-3-4-7-18-14;1-10-5-13(21-12(3)8-20-4)6-14(17-10)15(19)7-16-18-11(2)9-22-16;1-11-7-13(21-6-4-5-20-3)8-14(17-11)15(19)9-16-18-12(2)10-22-16/h5-7,9-10,14H,8,11H2,1-4H3;2*4-8,10,13H,9,11H2,1-3H3;3-4,6-7,10,12H,5,8-9,11H2,1-2H3;5-6,9,12H,7-8H2,1-4H3;7-8,10H,4-6,9H2,1-3H3/t14-;2*13-;;12-;/m011.1./s1. The van der Waals surface area contributed by atoms with E-state index in [1.165, 1.54) is 22.7 Å². The van der Waals surface area contributed by atoms with Crippen LogP contribution in [0, 0.1) is 62.3 Å². The van der Waals surface area contributed by atoms with E-state index in [9.17, 15) is 28.8 Å². The van der Waals surface area contributed by atoms with Crippen LogP contribution in [0.15, 0.2) is 175 Å². The van der Waals surface area contributed by atoms with Gasteiger partial charge in [0.2, 0.25) is 0 Å². The van der Waals surface area contributed by atoms with Gasteiger partial charge in [0, 0.05) is 245 Å². The minimum absolute atomic E-state index is 0.0128. The summed E-state index contributed by atoms with van der Waals surface area (Å²) in [6.07, 6.45) is 9.56. The summed E-state index contributed by atoms with van der Waals surface area (Å²) in [5, 5.41) is 5.50. The number of ether oxygens (including phenoxy) is 12. The van der Waals surface area contributed by atoms with Crippen LogP contribution in [0.1, 0.15) is 187 Å². The number of aryl methyl sites for hydroxylation is 9. The van der Waals surface area contributed by atoms with Crippen LogP contribution in [0.25, 0.3) is 0 Å². The first-order valence-corrected chi connectivity index (χ1v) is 45.1. The molecule has 0 aromatic carbocycles. The van der Waals surface area contributed by atoms with Crippen LogP contribution in [0.3, 0.4) is 0 Å². The van der Waals surface area contributed by atoms with E-state index in [0.29, 0.717) is 122 Å². The van der Waals surface area contributed by atoms with Crippen LogP contribution in [0.4, 0.5) is 0 Å². The monoisotopic (exact) mass is 1850 g/mol. The fourth-order valence-electron chi connectivity index (χ4n) is 12.3. The number of aromatic nitrogens is 12. The second-order valence-electron chi connectivity index (χ2n) is 31.0. The average Bonchev–Trinajstić information content (AvgIpc) is 1.31. The molecular formula is C101H122N12O18S2. The molecule has 0 bridgehead atoms. The Hall–Kier alpha value is -12.7. The van der Waals surface area contributed by atoms with E-state index < -0.39 is 0 Å². The molecule has 0 saturated carbocycles. The van der Waals surface area contributed by atoms with Gasteiger partial charge in [-0.3, -0.25) is 48.7 Å². The molecule has 133 heavy (non-hydrogen) atoms. The molecular weight excluding hydrogens is 1730 g/mol. The number of carbonyl (C=O) groups is 6. The van der Waals surface area contributed by atoms with E-state index in [2.05, 4.69) is 59.8 Å². The summed E-state index contributed by atoms with van der Waals surface area (Å²) < 4.78 is 64.4. The van der Waals surface area contributed by atoms with E-state index in [0.717, 1.165) is 96.7 Å². The van der Waals surface area contributed by atoms with Gasteiger partial charge in [0.25, 0.3) is 0 Å². The number of rotatable bonds is 44. The van der Waals surface area contributed by atoms with Gasteiger partial charge in [0.05, 0.1) is 77.7 Å². The third-order valence-electron chi connectivity index (χ3n) is 18.4. The summed E-state index contributed by atoms with van der Waals surface area (Å²) in [5.74, 6) is 3.45. The Bertz CT molecular complexity index is 5600. The lowest BCUT2D eigenvalue weighted by molar-refractivity contribution is 0.0715. The molecule has 0 spiro atoms. The molecule has 0 fully saturated rings. The number of hydrogen-bond donors (Lipinski definition) is 0. The number of methoxy groups -OCH3 is 6. The van der Waals surface area contributed by atoms with Crippen molar-refractivity contribution in [3.8, 4) is 34.5 Å². The Labute approximate surface area is 787 Å². The first kappa shape index (κ1) is 107. The predicted octanol–water partition coefficient (Wildman–Crippen LogP) is 16.8. The van der Waals surface area contributed by atoms with Crippen LogP contribution >= 0.6 is 22.7 Å². The van der Waals surface area contributed by atoms with Crippen LogP contribution in [0.2, 0.25) is 0 Å². The van der Waals surface area contributed by atoms with Gasteiger partial charge >= 0.3 is 0 Å². The van der Waals surface area contributed by atoms with Gasteiger partial charge in [-0.25, -0.2) is 39.9 Å². The number of Topliss-reactive ketones (excluding diaryl/α,β-unsaturated/α-hetero) is 6. The highest BCUT2D eigenvalue weighted by molar-refractivity contribution is 7.10. The van der Waals surface area contributed by atoms with Crippen molar-refractivity contribution in [1.29, 1.82) is 0 Å². The zero-order valence-electron chi connectivity index (χ0n) is 79.4. The molecule has 0 aliphatic heterocycles. The molecule has 12 heterocycles. The van der Waals surface area contributed by atoms with Crippen molar-refractivity contribution in [2.75, 3.05) is 95.5 Å². The first-order valence-electron chi connectivity index (χ1n) is 43.3. The normalized spacial score (nSPS) is 11.5. The van der Waals surface area contributed by atoms with Gasteiger partial charge in [0.15, 0.2) is 34.7 Å². The highest BCUT2D eigenvalue weighted by Crippen LogP contribution is 2.25. The van der Waals surface area contributed by atoms with Crippen LogP contribution in [0.5, 0.6) is 34.5 Å². The molecule has 0 N–H and O–H groups in total. The number of nitrogens with zero attached hydrogens (tertiary/aromatic N) is 12. The fraction of sp³-hybridized carbons (Fsp3) is 0.386. The predicted molar refractivity (Wildman–Crippen MR) is 509 cm³/mol. The van der Waals surface area contributed by atoms with E-state index in [1.54, 1.807) is 110 Å². The highest BCUT2D eigenvalue weighted by Gasteiger charge is 2.21. The molecule has 12 rings (SSSR count). The van der Waals surface area contributed by atoms with Gasteiger partial charge in [-0.1, -0.05) is 24.3 Å². The molecule has 0 aliphatic carbocycles. The van der Waals surface area contributed by atoms with Crippen LogP contribution in [-0.2, 0) is 66.9 Å². The summed E-state index contributed by atoms with van der Waals surface area (Å²) >= 11 is 2.99. The Kier molecular flexibility index (Phi) is 47.1. The van der Waals surface area contributed by atoms with Crippen molar-refractivity contribution >= 4 is 57.4 Å². The minimum Gasteiger partial charge on any atom is -0.493 e. The van der Waals surface area contributed by atoms with Gasteiger partial charge < -0.3 is 56.8 Å². The molecule has 12 aromatic heterocycles. The topological polar surface area (TPSA) is 368 Å². The zero-order valence-corrected chi connectivity index (χ0v) is 81.0. The second-order valence-corrected chi connectivity index (χ2v) is 32.9. The van der Waals surface area contributed by atoms with Gasteiger partial charge in [-0.05, 0) is 138 Å². The third kappa shape index (κ3) is 41.4. The summed E-state index contributed by atoms with van der Waals surface area (Å²) in [5.41, 5.74) is 12.8. The lowest BCUT2D eigenvalue weighted by Crippen LogP contribution is -2.18. The summed E-state index contributed by atoms with van der Waals surface area (Å²) in [4.78, 5) is 125. The van der Waals surface area contributed by atoms with Gasteiger partial charge in [-0.15, -0.1) is 22.7 Å². The molecule has 4 atom stereocenters. The number of hydrogen-bond acceptors (Lipinski definition) is 32. The largest absolute Gasteiger partial charge is 0.493 e. The van der Waals surface area contributed by atoms with Crippen LogP contribution < -0.4 is 28.4 Å². The van der Waals surface area contributed by atoms with Crippen molar-refractivity contribution in [3.63, 3.8) is 0 Å². The molecule has 0 amide bonds. The molecule has 32 heteroatoms. The Morgan fingerprint density at radius 2 is 0.586 bits per heavy atom.